The highest BCUT2D eigenvalue weighted by Crippen LogP contribution is 2.31. The Morgan fingerprint density at radius 3 is 2.92 bits per heavy atom. The number of carbonyl (C=O) groups is 1. The number of thiophene rings is 2. The summed E-state index contributed by atoms with van der Waals surface area (Å²) in [7, 11) is 0. The maximum absolute atomic E-state index is 12.7. The molecule has 0 aliphatic carbocycles. The van der Waals surface area contributed by atoms with Gasteiger partial charge in [0.05, 0.1) is 15.4 Å². The fraction of sp³-hybridized carbons (Fsp3) is 0.400. The van der Waals surface area contributed by atoms with E-state index in [1.54, 1.807) is 22.7 Å². The van der Waals surface area contributed by atoms with E-state index in [1.165, 1.54) is 5.56 Å². The van der Waals surface area contributed by atoms with Crippen molar-refractivity contribution in [1.29, 1.82) is 0 Å². The molecule has 0 saturated carbocycles. The summed E-state index contributed by atoms with van der Waals surface area (Å²) in [5.74, 6) is 1.97. The van der Waals surface area contributed by atoms with Crippen LogP contribution in [0.1, 0.15) is 39.5 Å². The maximum atomic E-state index is 12.7. The van der Waals surface area contributed by atoms with Gasteiger partial charge in [0.15, 0.2) is 5.78 Å². The van der Waals surface area contributed by atoms with E-state index in [9.17, 15) is 4.79 Å². The first-order valence-corrected chi connectivity index (χ1v) is 10.7. The van der Waals surface area contributed by atoms with Gasteiger partial charge in [-0.2, -0.15) is 0 Å². The van der Waals surface area contributed by atoms with Crippen LogP contribution in [0.4, 0.5) is 0 Å². The standard InChI is InChI=1S/C20H22N2O2S2/c1-13-7-10-26-19(13)20-21-16(14(2)24-20)12-22-8-3-5-15(11-22)18(23)17-6-4-9-25-17/h4,6-7,9-10,15H,3,5,8,11-12H2,1-2H3/t15-/m0/s1. The normalized spacial score (nSPS) is 18.3. The minimum atomic E-state index is 0.0913. The van der Waals surface area contributed by atoms with Crippen LogP contribution in [0.15, 0.2) is 33.4 Å². The molecule has 1 aliphatic heterocycles. The monoisotopic (exact) mass is 386 g/mol. The van der Waals surface area contributed by atoms with Crippen molar-refractivity contribution in [2.24, 2.45) is 5.92 Å². The second-order valence-electron chi connectivity index (χ2n) is 6.87. The molecule has 0 spiro atoms. The van der Waals surface area contributed by atoms with Gasteiger partial charge in [-0.15, -0.1) is 22.7 Å². The predicted octanol–water partition coefficient (Wildman–Crippen LogP) is 5.18. The predicted molar refractivity (Wildman–Crippen MR) is 106 cm³/mol. The van der Waals surface area contributed by atoms with Crippen molar-refractivity contribution in [3.63, 3.8) is 0 Å². The van der Waals surface area contributed by atoms with Crippen LogP contribution in [0.3, 0.4) is 0 Å². The summed E-state index contributed by atoms with van der Waals surface area (Å²) in [5, 5.41) is 4.04. The van der Waals surface area contributed by atoms with Crippen LogP contribution in [-0.4, -0.2) is 28.8 Å². The third kappa shape index (κ3) is 3.54. The fourth-order valence-corrected chi connectivity index (χ4v) is 5.10. The van der Waals surface area contributed by atoms with Gasteiger partial charge in [0.2, 0.25) is 5.89 Å². The number of nitrogens with zero attached hydrogens (tertiary/aromatic N) is 2. The lowest BCUT2D eigenvalue weighted by atomic mass is 9.93. The molecule has 4 rings (SSSR count). The first-order chi connectivity index (χ1) is 12.6. The van der Waals surface area contributed by atoms with Crippen LogP contribution in [0.2, 0.25) is 0 Å². The molecule has 6 heteroatoms. The first-order valence-electron chi connectivity index (χ1n) is 8.92. The van der Waals surface area contributed by atoms with E-state index in [1.807, 2.05) is 24.4 Å². The molecule has 0 N–H and O–H groups in total. The number of Topliss-reactive ketones (excluding diaryl/α,β-unsaturated/α-hetero) is 1. The number of carbonyl (C=O) groups excluding carboxylic acids is 1. The van der Waals surface area contributed by atoms with E-state index in [2.05, 4.69) is 23.3 Å². The number of hydrogen-bond donors (Lipinski definition) is 0. The molecule has 3 aromatic rings. The number of piperidine rings is 1. The van der Waals surface area contributed by atoms with E-state index in [0.717, 1.165) is 53.7 Å². The van der Waals surface area contributed by atoms with Crippen LogP contribution >= 0.6 is 22.7 Å². The summed E-state index contributed by atoms with van der Waals surface area (Å²) >= 11 is 3.20. The van der Waals surface area contributed by atoms with E-state index in [0.29, 0.717) is 5.89 Å². The van der Waals surface area contributed by atoms with Gasteiger partial charge in [-0.25, -0.2) is 4.98 Å². The Balaban J connectivity index is 1.46. The summed E-state index contributed by atoms with van der Waals surface area (Å²) in [4.78, 5) is 21.7. The molecule has 1 aliphatic rings. The zero-order valence-corrected chi connectivity index (χ0v) is 16.7. The molecule has 0 bridgehead atoms. The Hall–Kier alpha value is -1.76. The molecule has 4 heterocycles. The fourth-order valence-electron chi connectivity index (χ4n) is 3.51. The molecule has 4 nitrogen and oxygen atoms in total. The van der Waals surface area contributed by atoms with Crippen molar-refractivity contribution in [2.75, 3.05) is 13.1 Å². The Bertz CT molecular complexity index is 895. The number of oxazole rings is 1. The number of rotatable bonds is 5. The maximum Gasteiger partial charge on any atom is 0.237 e. The molecular formula is C20H22N2O2S2. The Labute approximate surface area is 161 Å². The highest BCUT2D eigenvalue weighted by atomic mass is 32.1. The smallest absolute Gasteiger partial charge is 0.237 e. The van der Waals surface area contributed by atoms with Crippen LogP contribution < -0.4 is 0 Å². The third-order valence-electron chi connectivity index (χ3n) is 4.96. The van der Waals surface area contributed by atoms with Crippen LogP contribution in [0, 0.1) is 19.8 Å². The lowest BCUT2D eigenvalue weighted by Crippen LogP contribution is -2.38. The molecule has 0 radical (unpaired) electrons. The van der Waals surface area contributed by atoms with E-state index in [4.69, 9.17) is 9.40 Å². The summed E-state index contributed by atoms with van der Waals surface area (Å²) in [6.07, 6.45) is 2.03. The number of ketones is 1. The second kappa shape index (κ2) is 7.47. The number of likely N-dealkylation sites (tertiary alicyclic amines) is 1. The molecule has 1 fully saturated rings. The van der Waals surface area contributed by atoms with E-state index in [-0.39, 0.29) is 11.7 Å². The first kappa shape index (κ1) is 17.6. The van der Waals surface area contributed by atoms with Crippen molar-refractivity contribution in [2.45, 2.75) is 33.2 Å². The van der Waals surface area contributed by atoms with E-state index >= 15 is 0 Å². The van der Waals surface area contributed by atoms with Crippen LogP contribution in [-0.2, 0) is 6.54 Å². The van der Waals surface area contributed by atoms with Gasteiger partial charge in [-0.1, -0.05) is 6.07 Å². The van der Waals surface area contributed by atoms with Crippen molar-refractivity contribution in [3.8, 4) is 10.8 Å². The molecule has 26 heavy (non-hydrogen) atoms. The van der Waals surface area contributed by atoms with Gasteiger partial charge >= 0.3 is 0 Å². The van der Waals surface area contributed by atoms with E-state index < -0.39 is 0 Å². The average Bonchev–Trinajstić information content (AvgIpc) is 3.37. The summed E-state index contributed by atoms with van der Waals surface area (Å²) in [5.41, 5.74) is 2.18. The summed E-state index contributed by atoms with van der Waals surface area (Å²) in [6.45, 7) is 6.61. The lowest BCUT2D eigenvalue weighted by molar-refractivity contribution is 0.0814. The quantitative estimate of drug-likeness (QED) is 0.567. The molecule has 3 aromatic heterocycles. The van der Waals surface area contributed by atoms with Crippen LogP contribution in [0.25, 0.3) is 10.8 Å². The topological polar surface area (TPSA) is 46.3 Å². The van der Waals surface area contributed by atoms with Gasteiger partial charge in [-0.05, 0) is 61.7 Å². The third-order valence-corrected chi connectivity index (χ3v) is 6.85. The van der Waals surface area contributed by atoms with Crippen molar-refractivity contribution >= 4 is 28.5 Å². The minimum absolute atomic E-state index is 0.0913. The largest absolute Gasteiger partial charge is 0.440 e. The van der Waals surface area contributed by atoms with Gasteiger partial charge in [-0.3, -0.25) is 9.69 Å². The van der Waals surface area contributed by atoms with Gasteiger partial charge in [0.25, 0.3) is 0 Å². The molecule has 1 saturated heterocycles. The number of aryl methyl sites for hydroxylation is 2. The second-order valence-corrected chi connectivity index (χ2v) is 8.73. The molecular weight excluding hydrogens is 364 g/mol. The van der Waals surface area contributed by atoms with Gasteiger partial charge < -0.3 is 4.42 Å². The molecule has 0 unspecified atom stereocenters. The SMILES string of the molecule is Cc1ccsc1-c1nc(CN2CCC[C@H](C(=O)c3cccs3)C2)c(C)o1. The zero-order chi connectivity index (χ0) is 18.1. The van der Waals surface area contributed by atoms with Gasteiger partial charge in [0.1, 0.15) is 5.76 Å². The summed E-state index contributed by atoms with van der Waals surface area (Å²) < 4.78 is 5.92. The Kier molecular flexibility index (Phi) is 5.07. The molecule has 136 valence electrons. The Morgan fingerprint density at radius 1 is 1.31 bits per heavy atom. The lowest BCUT2D eigenvalue weighted by Gasteiger charge is -2.31. The van der Waals surface area contributed by atoms with Crippen molar-refractivity contribution in [1.82, 2.24) is 9.88 Å². The molecule has 0 aromatic carbocycles. The highest BCUT2D eigenvalue weighted by molar-refractivity contribution is 7.13. The Morgan fingerprint density at radius 2 is 2.19 bits per heavy atom. The van der Waals surface area contributed by atoms with Crippen molar-refractivity contribution in [3.05, 3.63) is 50.9 Å². The average molecular weight is 387 g/mol. The van der Waals surface area contributed by atoms with Crippen LogP contribution in [0.5, 0.6) is 0 Å². The molecule has 0 amide bonds. The highest BCUT2D eigenvalue weighted by Gasteiger charge is 2.28. The minimum Gasteiger partial charge on any atom is -0.440 e. The van der Waals surface area contributed by atoms with Gasteiger partial charge in [0, 0.05) is 19.0 Å². The van der Waals surface area contributed by atoms with Crippen molar-refractivity contribution < 1.29 is 9.21 Å². The number of aromatic nitrogens is 1. The number of hydrogen-bond acceptors (Lipinski definition) is 6. The summed E-state index contributed by atoms with van der Waals surface area (Å²) in [6, 6.07) is 5.97. The zero-order valence-electron chi connectivity index (χ0n) is 15.0. The molecule has 1 atom stereocenters.